The molecule has 0 radical (unpaired) electrons. The van der Waals surface area contributed by atoms with Crippen molar-refractivity contribution in [2.24, 2.45) is 0 Å². The van der Waals surface area contributed by atoms with Crippen molar-refractivity contribution >= 4 is 17.1 Å². The lowest BCUT2D eigenvalue weighted by Crippen LogP contribution is -2.22. The van der Waals surface area contributed by atoms with Crippen LogP contribution in [0.4, 0.5) is 8.78 Å². The summed E-state index contributed by atoms with van der Waals surface area (Å²) in [6, 6.07) is 10.0. The van der Waals surface area contributed by atoms with E-state index in [2.05, 4.69) is 53.1 Å². The van der Waals surface area contributed by atoms with Crippen molar-refractivity contribution in [3.05, 3.63) is 88.1 Å². The highest BCUT2D eigenvalue weighted by Crippen LogP contribution is 2.38. The summed E-state index contributed by atoms with van der Waals surface area (Å²) in [6.45, 7) is 7.04. The quantitative estimate of drug-likeness (QED) is 0.274. The number of carbonyl (C=O) groups is 1. The van der Waals surface area contributed by atoms with Crippen LogP contribution in [0.2, 0.25) is 0 Å². The molecule has 4 aromatic rings. The molecule has 2 aromatic heterocycles. The molecule has 0 bridgehead atoms. The number of fused-ring (bicyclic) bond motifs is 3. The Kier molecular flexibility index (Phi) is 7.07. The second-order valence-corrected chi connectivity index (χ2v) is 10.0. The van der Waals surface area contributed by atoms with Crippen LogP contribution in [0.15, 0.2) is 48.9 Å². The SMILES string of the molecule is CCN(CC)Cc1cn(-c2ccc3c(c2)-c2sc(C(=O)Cc4c(F)cccc4F)nc2CCC3)cn1. The summed E-state index contributed by atoms with van der Waals surface area (Å²) in [6.07, 6.45) is 6.17. The van der Waals surface area contributed by atoms with E-state index in [9.17, 15) is 13.6 Å². The molecule has 5 rings (SSSR count). The molecule has 2 heterocycles. The lowest BCUT2D eigenvalue weighted by atomic mass is 10.0. The van der Waals surface area contributed by atoms with Gasteiger partial charge in [0, 0.05) is 30.4 Å². The molecule has 0 aliphatic heterocycles. The smallest absolute Gasteiger partial charge is 0.195 e. The van der Waals surface area contributed by atoms with Crippen molar-refractivity contribution in [1.29, 1.82) is 0 Å². The Morgan fingerprint density at radius 2 is 1.89 bits per heavy atom. The Morgan fingerprint density at radius 3 is 2.64 bits per heavy atom. The molecule has 0 fully saturated rings. The molecule has 0 spiro atoms. The first-order chi connectivity index (χ1) is 17.5. The van der Waals surface area contributed by atoms with E-state index >= 15 is 0 Å². The van der Waals surface area contributed by atoms with Gasteiger partial charge >= 0.3 is 0 Å². The van der Waals surface area contributed by atoms with Crippen LogP contribution in [0.25, 0.3) is 16.1 Å². The fraction of sp³-hybridized carbons (Fsp3) is 0.321. The molecule has 0 saturated heterocycles. The van der Waals surface area contributed by atoms with Gasteiger partial charge in [-0.25, -0.2) is 18.7 Å². The highest BCUT2D eigenvalue weighted by atomic mass is 32.1. The van der Waals surface area contributed by atoms with Gasteiger partial charge in [0.1, 0.15) is 11.6 Å². The molecule has 8 heteroatoms. The van der Waals surface area contributed by atoms with Gasteiger partial charge < -0.3 is 4.57 Å². The minimum atomic E-state index is -0.711. The van der Waals surface area contributed by atoms with Gasteiger partial charge in [-0.1, -0.05) is 26.0 Å². The first kappa shape index (κ1) is 24.5. The highest BCUT2D eigenvalue weighted by molar-refractivity contribution is 7.17. The number of Topliss-reactive ketones (excluding diaryl/α,β-unsaturated/α-hetero) is 1. The standard InChI is InChI=1S/C28H28F2N4OS/c1-3-33(4-2)15-19-16-34(17-31-19)20-12-11-18-7-5-10-25-27(21(18)13-20)36-28(32-25)26(35)14-22-23(29)8-6-9-24(22)30/h6,8-9,11-13,16-17H,3-5,7,10,14-15H2,1-2H3. The summed E-state index contributed by atoms with van der Waals surface area (Å²) in [5.74, 6) is -1.79. The minimum Gasteiger partial charge on any atom is -0.306 e. The number of hydrogen-bond donors (Lipinski definition) is 0. The number of rotatable bonds is 8. The van der Waals surface area contributed by atoms with E-state index in [4.69, 9.17) is 0 Å². The van der Waals surface area contributed by atoms with Gasteiger partial charge in [0.05, 0.1) is 22.6 Å². The van der Waals surface area contributed by atoms with E-state index in [1.54, 1.807) is 0 Å². The molecule has 36 heavy (non-hydrogen) atoms. The van der Waals surface area contributed by atoms with Crippen molar-refractivity contribution in [1.82, 2.24) is 19.4 Å². The van der Waals surface area contributed by atoms with Crippen LogP contribution in [-0.2, 0) is 25.8 Å². The molecule has 5 nitrogen and oxygen atoms in total. The number of halogens is 2. The van der Waals surface area contributed by atoms with Gasteiger partial charge in [-0.05, 0) is 67.7 Å². The van der Waals surface area contributed by atoms with Gasteiger partial charge in [0.2, 0.25) is 0 Å². The van der Waals surface area contributed by atoms with Crippen molar-refractivity contribution in [3.8, 4) is 16.1 Å². The topological polar surface area (TPSA) is 51.0 Å². The van der Waals surface area contributed by atoms with E-state index < -0.39 is 11.6 Å². The maximum atomic E-state index is 14.1. The van der Waals surface area contributed by atoms with Crippen molar-refractivity contribution < 1.29 is 13.6 Å². The Balaban J connectivity index is 1.45. The van der Waals surface area contributed by atoms with E-state index in [0.29, 0.717) is 5.01 Å². The molecule has 186 valence electrons. The van der Waals surface area contributed by atoms with Gasteiger partial charge in [-0.2, -0.15) is 0 Å². The lowest BCUT2D eigenvalue weighted by molar-refractivity contribution is 0.0990. The average Bonchev–Trinajstić information content (AvgIpc) is 3.49. The molecule has 0 amide bonds. The van der Waals surface area contributed by atoms with E-state index in [1.807, 2.05) is 10.9 Å². The second-order valence-electron chi connectivity index (χ2n) is 9.02. The Bertz CT molecular complexity index is 1390. The molecular weight excluding hydrogens is 478 g/mol. The number of aryl methyl sites for hydroxylation is 2. The molecule has 0 unspecified atom stereocenters. The number of aromatic nitrogens is 3. The van der Waals surface area contributed by atoms with Crippen molar-refractivity contribution in [3.63, 3.8) is 0 Å². The van der Waals surface area contributed by atoms with Crippen molar-refractivity contribution in [2.45, 2.75) is 46.1 Å². The van der Waals surface area contributed by atoms with Gasteiger partial charge in [0.15, 0.2) is 10.8 Å². The van der Waals surface area contributed by atoms with Crippen LogP contribution < -0.4 is 0 Å². The number of carbonyl (C=O) groups excluding carboxylic acids is 1. The first-order valence-electron chi connectivity index (χ1n) is 12.3. The van der Waals surface area contributed by atoms with Gasteiger partial charge in [-0.3, -0.25) is 9.69 Å². The second kappa shape index (κ2) is 10.4. The summed E-state index contributed by atoms with van der Waals surface area (Å²) in [5.41, 5.74) is 4.95. The van der Waals surface area contributed by atoms with Crippen LogP contribution >= 0.6 is 11.3 Å². The van der Waals surface area contributed by atoms with Gasteiger partial charge in [-0.15, -0.1) is 11.3 Å². The third-order valence-electron chi connectivity index (χ3n) is 6.75. The van der Waals surface area contributed by atoms with Crippen molar-refractivity contribution in [2.75, 3.05) is 13.1 Å². The van der Waals surface area contributed by atoms with Crippen LogP contribution in [0, 0.1) is 11.6 Å². The number of imidazole rings is 1. The monoisotopic (exact) mass is 506 g/mol. The van der Waals surface area contributed by atoms with Crippen LogP contribution in [0.5, 0.6) is 0 Å². The number of thiazole rings is 1. The fourth-order valence-corrected chi connectivity index (χ4v) is 5.75. The Hall–Kier alpha value is -3.23. The maximum Gasteiger partial charge on any atom is 0.195 e. The predicted octanol–water partition coefficient (Wildman–Crippen LogP) is 6.03. The lowest BCUT2D eigenvalue weighted by Gasteiger charge is -2.15. The third-order valence-corrected chi connectivity index (χ3v) is 7.92. The van der Waals surface area contributed by atoms with E-state index in [0.717, 1.165) is 66.4 Å². The number of hydrogen-bond acceptors (Lipinski definition) is 5. The fourth-order valence-electron chi connectivity index (χ4n) is 4.65. The minimum absolute atomic E-state index is 0.212. The Morgan fingerprint density at radius 1 is 1.11 bits per heavy atom. The summed E-state index contributed by atoms with van der Waals surface area (Å²) in [4.78, 5) is 25.5. The average molecular weight is 507 g/mol. The van der Waals surface area contributed by atoms with E-state index in [1.165, 1.54) is 35.1 Å². The maximum absolute atomic E-state index is 14.1. The number of benzene rings is 2. The zero-order chi connectivity index (χ0) is 25.2. The number of ketones is 1. The van der Waals surface area contributed by atoms with Gasteiger partial charge in [0.25, 0.3) is 0 Å². The van der Waals surface area contributed by atoms with Crippen LogP contribution in [-0.4, -0.2) is 38.3 Å². The third kappa shape index (κ3) is 4.88. The molecule has 0 N–H and O–H groups in total. The predicted molar refractivity (Wildman–Crippen MR) is 138 cm³/mol. The highest BCUT2D eigenvalue weighted by Gasteiger charge is 2.24. The molecule has 1 aliphatic rings. The normalized spacial score (nSPS) is 12.9. The summed E-state index contributed by atoms with van der Waals surface area (Å²) < 4.78 is 30.2. The summed E-state index contributed by atoms with van der Waals surface area (Å²) in [5, 5.41) is 0.296. The van der Waals surface area contributed by atoms with E-state index in [-0.39, 0.29) is 17.8 Å². The molecule has 2 aromatic carbocycles. The molecule has 1 aliphatic carbocycles. The zero-order valence-electron chi connectivity index (χ0n) is 20.4. The zero-order valence-corrected chi connectivity index (χ0v) is 21.2. The van der Waals surface area contributed by atoms with Crippen LogP contribution in [0.1, 0.15) is 52.6 Å². The largest absolute Gasteiger partial charge is 0.306 e. The molecule has 0 saturated carbocycles. The number of nitrogens with zero attached hydrogens (tertiary/aromatic N) is 4. The summed E-state index contributed by atoms with van der Waals surface area (Å²) in [7, 11) is 0. The Labute approximate surface area is 213 Å². The first-order valence-corrected chi connectivity index (χ1v) is 13.1. The molecule has 0 atom stereocenters. The summed E-state index contributed by atoms with van der Waals surface area (Å²) >= 11 is 1.32. The van der Waals surface area contributed by atoms with Crippen LogP contribution in [0.3, 0.4) is 0 Å². The molecular formula is C28H28F2N4OS.